The predicted octanol–water partition coefficient (Wildman–Crippen LogP) is 3.71. The Morgan fingerprint density at radius 2 is 1.80 bits per heavy atom. The molecule has 3 rings (SSSR count). The van der Waals surface area contributed by atoms with Crippen LogP contribution < -0.4 is 16.2 Å². The van der Waals surface area contributed by atoms with Crippen LogP contribution in [0.2, 0.25) is 0 Å². The third kappa shape index (κ3) is 7.10. The predicted molar refractivity (Wildman–Crippen MR) is 123 cm³/mol. The van der Waals surface area contributed by atoms with Crippen molar-refractivity contribution in [3.05, 3.63) is 70.5 Å². The molecular formula is C23H24F4N4O3S. The lowest BCUT2D eigenvalue weighted by Gasteiger charge is -2.32. The number of hydrazine groups is 1. The number of alkyl halides is 3. The van der Waals surface area contributed by atoms with Crippen LogP contribution in [0.15, 0.2) is 42.5 Å². The van der Waals surface area contributed by atoms with E-state index in [0.717, 1.165) is 23.8 Å². The molecule has 1 fully saturated rings. The Bertz CT molecular complexity index is 1080. The first-order valence-corrected chi connectivity index (χ1v) is 11.8. The van der Waals surface area contributed by atoms with Crippen LogP contribution in [0.5, 0.6) is 0 Å². The number of carbonyl (C=O) groups is 3. The molecule has 3 N–H and O–H groups in total. The molecule has 1 saturated heterocycles. The smallest absolute Gasteiger partial charge is 0.334 e. The number of rotatable bonds is 5. The van der Waals surface area contributed by atoms with Gasteiger partial charge >= 0.3 is 18.1 Å². The molecule has 1 heterocycles. The van der Waals surface area contributed by atoms with Gasteiger partial charge in [-0.05, 0) is 29.7 Å². The highest BCUT2D eigenvalue weighted by atomic mass is 32.2. The van der Waals surface area contributed by atoms with E-state index < -0.39 is 23.8 Å². The monoisotopic (exact) mass is 512 g/mol. The number of halogens is 4. The molecule has 1 atom stereocenters. The van der Waals surface area contributed by atoms with Crippen molar-refractivity contribution in [2.75, 3.05) is 18.8 Å². The molecule has 0 aliphatic carbocycles. The number of benzene rings is 2. The maximum Gasteiger partial charge on any atom is 0.472 e. The minimum Gasteiger partial charge on any atom is -0.334 e. The zero-order valence-electron chi connectivity index (χ0n) is 18.7. The van der Waals surface area contributed by atoms with E-state index in [1.54, 1.807) is 22.1 Å². The van der Waals surface area contributed by atoms with E-state index in [1.165, 1.54) is 23.1 Å². The molecule has 0 radical (unpaired) electrons. The Morgan fingerprint density at radius 1 is 1.09 bits per heavy atom. The highest BCUT2D eigenvalue weighted by Crippen LogP contribution is 2.33. The summed E-state index contributed by atoms with van der Waals surface area (Å²) in [5, 5.41) is 2.79. The summed E-state index contributed by atoms with van der Waals surface area (Å²) < 4.78 is 51.0. The van der Waals surface area contributed by atoms with Crippen LogP contribution in [0.1, 0.15) is 39.2 Å². The summed E-state index contributed by atoms with van der Waals surface area (Å²) in [5.74, 6) is -3.55. The fourth-order valence-corrected chi connectivity index (χ4v) is 4.62. The Hall–Kier alpha value is -3.28. The van der Waals surface area contributed by atoms with Gasteiger partial charge in [0.1, 0.15) is 5.82 Å². The largest absolute Gasteiger partial charge is 0.472 e. The first kappa shape index (κ1) is 26.3. The van der Waals surface area contributed by atoms with Gasteiger partial charge in [-0.15, -0.1) is 0 Å². The van der Waals surface area contributed by atoms with Crippen molar-refractivity contribution in [1.29, 1.82) is 0 Å². The van der Waals surface area contributed by atoms with Crippen molar-refractivity contribution in [3.63, 3.8) is 0 Å². The van der Waals surface area contributed by atoms with Crippen molar-refractivity contribution in [2.45, 2.75) is 31.3 Å². The van der Waals surface area contributed by atoms with Gasteiger partial charge in [0.15, 0.2) is 0 Å². The second-order valence-electron chi connectivity index (χ2n) is 7.77. The van der Waals surface area contributed by atoms with E-state index in [1.807, 2.05) is 0 Å². The van der Waals surface area contributed by atoms with Gasteiger partial charge in [-0.2, -0.15) is 24.9 Å². The minimum absolute atomic E-state index is 0.0901. The molecule has 7 nitrogen and oxygen atoms in total. The first-order valence-electron chi connectivity index (χ1n) is 10.8. The third-order valence-corrected chi connectivity index (χ3v) is 6.65. The molecule has 188 valence electrons. The normalized spacial score (nSPS) is 15.9. The summed E-state index contributed by atoms with van der Waals surface area (Å²) in [6, 6.07) is 11.2. The maximum absolute atomic E-state index is 14.4. The van der Waals surface area contributed by atoms with Gasteiger partial charge in [0, 0.05) is 41.8 Å². The van der Waals surface area contributed by atoms with E-state index in [-0.39, 0.29) is 29.0 Å². The Kier molecular flexibility index (Phi) is 8.60. The van der Waals surface area contributed by atoms with Gasteiger partial charge < -0.3 is 10.2 Å². The lowest BCUT2D eigenvalue weighted by atomic mass is 10.1. The lowest BCUT2D eigenvalue weighted by Crippen LogP contribution is -2.47. The fraction of sp³-hybridized carbons (Fsp3) is 0.348. The van der Waals surface area contributed by atoms with Gasteiger partial charge in [-0.1, -0.05) is 37.3 Å². The number of carbonyl (C=O) groups excluding carboxylic acids is 3. The molecule has 2 aromatic carbocycles. The molecule has 1 aliphatic rings. The second-order valence-corrected chi connectivity index (χ2v) is 9.08. The van der Waals surface area contributed by atoms with Crippen molar-refractivity contribution in [1.82, 2.24) is 21.1 Å². The van der Waals surface area contributed by atoms with E-state index in [0.29, 0.717) is 13.1 Å². The maximum atomic E-state index is 14.4. The highest BCUT2D eigenvalue weighted by Gasteiger charge is 2.39. The summed E-state index contributed by atoms with van der Waals surface area (Å²) >= 11 is 1.77. The number of nitrogens with zero attached hydrogens (tertiary/aromatic N) is 1. The van der Waals surface area contributed by atoms with Crippen LogP contribution in [0.25, 0.3) is 0 Å². The molecular weight excluding hydrogens is 488 g/mol. The first-order chi connectivity index (χ1) is 16.6. The van der Waals surface area contributed by atoms with Crippen LogP contribution in [0.4, 0.5) is 22.4 Å². The lowest BCUT2D eigenvalue weighted by molar-refractivity contribution is -0.174. The zero-order valence-corrected chi connectivity index (χ0v) is 19.6. The fourth-order valence-electron chi connectivity index (χ4n) is 3.37. The van der Waals surface area contributed by atoms with Crippen molar-refractivity contribution >= 4 is 29.6 Å². The summed E-state index contributed by atoms with van der Waals surface area (Å²) in [7, 11) is 0. The number of thioether (sulfide) groups is 1. The standard InChI is InChI=1S/C23H24F4N4O3S/c1-2-14-3-5-15(6-4-14)19-13-31(9-10-35-19)22(34)28-12-17-8-7-16(11-18(17)24)20(32)29-30-21(33)23(25,26)27/h3-8,11,19H,2,9-10,12-13H2,1H3,(H,28,34)(H,29,32)(H,30,33). The molecule has 4 amide bonds. The van der Waals surface area contributed by atoms with Crippen LogP contribution in [0.3, 0.4) is 0 Å². The molecule has 1 aliphatic heterocycles. The average molecular weight is 513 g/mol. The quantitative estimate of drug-likeness (QED) is 0.421. The summed E-state index contributed by atoms with van der Waals surface area (Å²) in [6.07, 6.45) is -4.23. The SMILES string of the molecule is CCc1ccc(C2CN(C(=O)NCc3ccc(C(=O)NNC(=O)C(F)(F)F)cc3F)CCS2)cc1. The van der Waals surface area contributed by atoms with E-state index in [2.05, 4.69) is 36.5 Å². The molecule has 12 heteroatoms. The molecule has 1 unspecified atom stereocenters. The topological polar surface area (TPSA) is 90.5 Å². The van der Waals surface area contributed by atoms with E-state index in [9.17, 15) is 31.9 Å². The Morgan fingerprint density at radius 3 is 2.43 bits per heavy atom. The van der Waals surface area contributed by atoms with Crippen molar-refractivity contribution in [2.24, 2.45) is 0 Å². The number of hydrogen-bond acceptors (Lipinski definition) is 4. The number of hydrogen-bond donors (Lipinski definition) is 3. The molecule has 0 bridgehead atoms. The summed E-state index contributed by atoms with van der Waals surface area (Å²) in [5.41, 5.74) is 4.93. The van der Waals surface area contributed by atoms with E-state index in [4.69, 9.17) is 0 Å². The van der Waals surface area contributed by atoms with Gasteiger partial charge in [0.05, 0.1) is 0 Å². The van der Waals surface area contributed by atoms with Gasteiger partial charge in [-0.25, -0.2) is 9.18 Å². The van der Waals surface area contributed by atoms with Crippen LogP contribution >= 0.6 is 11.8 Å². The van der Waals surface area contributed by atoms with Crippen LogP contribution in [-0.4, -0.2) is 47.8 Å². The Balaban J connectivity index is 1.53. The summed E-state index contributed by atoms with van der Waals surface area (Å²) in [6.45, 7) is 3.00. The van der Waals surface area contributed by atoms with Gasteiger partial charge in [0.25, 0.3) is 5.91 Å². The van der Waals surface area contributed by atoms with Gasteiger partial charge in [-0.3, -0.25) is 20.4 Å². The zero-order chi connectivity index (χ0) is 25.6. The molecule has 0 spiro atoms. The second kappa shape index (κ2) is 11.4. The van der Waals surface area contributed by atoms with Crippen molar-refractivity contribution in [3.8, 4) is 0 Å². The molecule has 2 aromatic rings. The third-order valence-electron chi connectivity index (χ3n) is 5.41. The van der Waals surface area contributed by atoms with Crippen LogP contribution in [-0.2, 0) is 17.8 Å². The molecule has 0 saturated carbocycles. The number of urea groups is 1. The highest BCUT2D eigenvalue weighted by molar-refractivity contribution is 7.99. The number of nitrogens with one attached hydrogen (secondary N) is 3. The average Bonchev–Trinajstić information content (AvgIpc) is 2.85. The molecule has 0 aromatic heterocycles. The molecule has 35 heavy (non-hydrogen) atoms. The van der Waals surface area contributed by atoms with Crippen molar-refractivity contribution < 1.29 is 31.9 Å². The minimum atomic E-state index is -5.17. The van der Waals surface area contributed by atoms with Crippen LogP contribution in [0, 0.1) is 5.82 Å². The number of aryl methyl sites for hydroxylation is 1. The van der Waals surface area contributed by atoms with E-state index >= 15 is 0 Å². The van der Waals surface area contributed by atoms with Gasteiger partial charge in [0.2, 0.25) is 0 Å². The summed E-state index contributed by atoms with van der Waals surface area (Å²) in [4.78, 5) is 36.9. The number of amides is 4. The Labute approximate surface area is 203 Å².